The van der Waals surface area contributed by atoms with E-state index in [4.69, 9.17) is 18.9 Å². The van der Waals surface area contributed by atoms with Crippen molar-refractivity contribution in [2.75, 3.05) is 14.2 Å². The average molecular weight is 484 g/mol. The van der Waals surface area contributed by atoms with Crippen molar-refractivity contribution in [3.8, 4) is 23.0 Å². The second kappa shape index (κ2) is 9.26. The number of allylic oxidation sites excluding steroid dienone is 1. The highest BCUT2D eigenvalue weighted by atomic mass is 16.5. The van der Waals surface area contributed by atoms with Crippen molar-refractivity contribution in [2.45, 2.75) is 20.4 Å². The van der Waals surface area contributed by atoms with Gasteiger partial charge in [0.1, 0.15) is 23.0 Å². The fraction of sp³-hybridized carbons (Fsp3) is 0.172. The summed E-state index contributed by atoms with van der Waals surface area (Å²) in [5, 5.41) is 0.960. The lowest BCUT2D eigenvalue weighted by Gasteiger charge is -2.10. The van der Waals surface area contributed by atoms with E-state index in [0.29, 0.717) is 33.9 Å². The van der Waals surface area contributed by atoms with Crippen molar-refractivity contribution in [2.24, 2.45) is 0 Å². The van der Waals surface area contributed by atoms with Gasteiger partial charge in [0, 0.05) is 34.8 Å². The number of fused-ring (bicyclic) bond motifs is 2. The van der Waals surface area contributed by atoms with Crippen molar-refractivity contribution < 1.29 is 28.5 Å². The van der Waals surface area contributed by atoms with Crippen molar-refractivity contribution in [3.63, 3.8) is 0 Å². The summed E-state index contributed by atoms with van der Waals surface area (Å²) in [6.07, 6.45) is 3.74. The molecule has 7 heteroatoms. The highest BCUT2D eigenvalue weighted by Gasteiger charge is 2.31. The van der Waals surface area contributed by atoms with Crippen LogP contribution < -0.4 is 18.9 Å². The first-order valence-electron chi connectivity index (χ1n) is 11.5. The van der Waals surface area contributed by atoms with Gasteiger partial charge in [-0.3, -0.25) is 4.79 Å². The monoisotopic (exact) mass is 483 g/mol. The summed E-state index contributed by atoms with van der Waals surface area (Å²) < 4.78 is 24.3. The van der Waals surface area contributed by atoms with E-state index in [2.05, 4.69) is 11.5 Å². The van der Waals surface area contributed by atoms with Gasteiger partial charge >= 0.3 is 5.97 Å². The Hall–Kier alpha value is -4.52. The number of aromatic nitrogens is 1. The zero-order chi connectivity index (χ0) is 25.4. The molecule has 7 nitrogen and oxygen atoms in total. The molecule has 1 aromatic heterocycles. The maximum absolute atomic E-state index is 13.2. The summed E-state index contributed by atoms with van der Waals surface area (Å²) in [7, 11) is 3.18. The molecule has 0 saturated heterocycles. The Morgan fingerprint density at radius 2 is 1.72 bits per heavy atom. The molecule has 182 valence electrons. The largest absolute Gasteiger partial charge is 0.497 e. The van der Waals surface area contributed by atoms with Gasteiger partial charge in [0.25, 0.3) is 0 Å². The molecule has 5 rings (SSSR count). The van der Waals surface area contributed by atoms with E-state index in [1.807, 2.05) is 24.4 Å². The Bertz CT molecular complexity index is 1530. The number of methoxy groups -OCH3 is 2. The van der Waals surface area contributed by atoms with E-state index in [1.54, 1.807) is 63.6 Å². The van der Waals surface area contributed by atoms with Gasteiger partial charge < -0.3 is 23.5 Å². The predicted octanol–water partition coefficient (Wildman–Crippen LogP) is 5.82. The third-order valence-electron chi connectivity index (χ3n) is 6.31. The summed E-state index contributed by atoms with van der Waals surface area (Å²) in [5.74, 6) is 1.58. The van der Waals surface area contributed by atoms with Gasteiger partial charge in [-0.05, 0) is 74.5 Å². The Balaban J connectivity index is 1.45. The molecule has 0 saturated carbocycles. The van der Waals surface area contributed by atoms with Crippen LogP contribution in [0, 0.1) is 6.92 Å². The second-order valence-electron chi connectivity index (χ2n) is 8.38. The molecule has 0 aliphatic carbocycles. The van der Waals surface area contributed by atoms with Crippen LogP contribution in [0.2, 0.25) is 0 Å². The lowest BCUT2D eigenvalue weighted by molar-refractivity contribution is 0.0733. The molecule has 0 fully saturated rings. The number of hydrogen-bond donors (Lipinski definition) is 0. The first-order chi connectivity index (χ1) is 17.4. The third-order valence-corrected chi connectivity index (χ3v) is 6.31. The number of carbonyl (C=O) groups is 2. The number of ether oxygens (including phenoxy) is 4. The van der Waals surface area contributed by atoms with Gasteiger partial charge in [-0.1, -0.05) is 0 Å². The van der Waals surface area contributed by atoms with Crippen LogP contribution in [-0.2, 0) is 6.54 Å². The van der Waals surface area contributed by atoms with E-state index in [-0.39, 0.29) is 11.5 Å². The first kappa shape index (κ1) is 23.2. The van der Waals surface area contributed by atoms with Crippen LogP contribution in [0.3, 0.4) is 0 Å². The first-order valence-corrected chi connectivity index (χ1v) is 11.5. The predicted molar refractivity (Wildman–Crippen MR) is 136 cm³/mol. The molecular weight excluding hydrogens is 458 g/mol. The fourth-order valence-electron chi connectivity index (χ4n) is 4.31. The summed E-state index contributed by atoms with van der Waals surface area (Å²) in [6.45, 7) is 4.61. The number of nitrogens with zero attached hydrogens (tertiary/aromatic N) is 1. The second-order valence-corrected chi connectivity index (χ2v) is 8.38. The van der Waals surface area contributed by atoms with Crippen LogP contribution in [0.1, 0.15) is 38.8 Å². The molecule has 3 aromatic carbocycles. The third kappa shape index (κ3) is 3.98. The number of carbonyl (C=O) groups excluding carboxylic acids is 2. The minimum absolute atomic E-state index is 0.213. The highest BCUT2D eigenvalue weighted by Crippen LogP contribution is 2.40. The van der Waals surface area contributed by atoms with Gasteiger partial charge in [0.15, 0.2) is 5.76 Å². The number of benzene rings is 3. The number of hydrogen-bond acceptors (Lipinski definition) is 6. The van der Waals surface area contributed by atoms with Crippen LogP contribution in [0.5, 0.6) is 23.0 Å². The van der Waals surface area contributed by atoms with Crippen LogP contribution >= 0.6 is 0 Å². The summed E-state index contributed by atoms with van der Waals surface area (Å²) in [6, 6.07) is 15.7. The number of ketones is 1. The van der Waals surface area contributed by atoms with Crippen molar-refractivity contribution in [1.29, 1.82) is 0 Å². The Morgan fingerprint density at radius 1 is 1.00 bits per heavy atom. The van der Waals surface area contributed by atoms with E-state index in [9.17, 15) is 9.59 Å². The van der Waals surface area contributed by atoms with E-state index in [1.165, 1.54) is 0 Å². The van der Waals surface area contributed by atoms with E-state index in [0.717, 1.165) is 28.8 Å². The fourth-order valence-corrected chi connectivity index (χ4v) is 4.31. The standard InChI is InChI=1S/C29H25NO6/c1-5-30-16-19(23-15-21(34-4)10-12-24(23)30)14-26-27(31)22-11-13-25(17(2)28(22)35-26)36-29(32)18-6-8-20(33-3)9-7-18/h6-16H,5H2,1-4H3. The minimum Gasteiger partial charge on any atom is -0.497 e. The van der Waals surface area contributed by atoms with E-state index < -0.39 is 5.97 Å². The zero-order valence-corrected chi connectivity index (χ0v) is 20.5. The molecule has 0 spiro atoms. The van der Waals surface area contributed by atoms with E-state index >= 15 is 0 Å². The molecule has 0 bridgehead atoms. The molecular formula is C29H25NO6. The van der Waals surface area contributed by atoms with Crippen molar-refractivity contribution in [3.05, 3.63) is 88.8 Å². The Morgan fingerprint density at radius 3 is 2.42 bits per heavy atom. The lowest BCUT2D eigenvalue weighted by atomic mass is 10.1. The van der Waals surface area contributed by atoms with Gasteiger partial charge in [-0.25, -0.2) is 4.79 Å². The SMILES string of the molecule is CCn1cc(C=C2Oc3c(ccc(OC(=O)c4ccc(OC)cc4)c3C)C2=O)c2cc(OC)ccc21. The molecule has 0 atom stereocenters. The molecule has 0 amide bonds. The van der Waals surface area contributed by atoms with Crippen LogP contribution in [0.4, 0.5) is 0 Å². The highest BCUT2D eigenvalue weighted by molar-refractivity contribution is 6.15. The molecule has 1 aliphatic rings. The van der Waals surface area contributed by atoms with Crippen LogP contribution in [0.25, 0.3) is 17.0 Å². The Kier molecular flexibility index (Phi) is 5.98. The Labute approximate surface area is 208 Å². The molecule has 0 N–H and O–H groups in total. The summed E-state index contributed by atoms with van der Waals surface area (Å²) in [5.41, 5.74) is 3.28. The van der Waals surface area contributed by atoms with Gasteiger partial charge in [-0.15, -0.1) is 0 Å². The van der Waals surface area contributed by atoms with Crippen molar-refractivity contribution in [1.82, 2.24) is 4.57 Å². The van der Waals surface area contributed by atoms with Crippen molar-refractivity contribution >= 4 is 28.7 Å². The summed E-state index contributed by atoms with van der Waals surface area (Å²) in [4.78, 5) is 25.8. The topological polar surface area (TPSA) is 76.0 Å². The maximum Gasteiger partial charge on any atom is 0.343 e. The number of Topliss-reactive ketones (excluding diaryl/α,β-unsaturated/α-hetero) is 1. The maximum atomic E-state index is 13.2. The number of rotatable bonds is 6. The molecule has 36 heavy (non-hydrogen) atoms. The molecule has 2 heterocycles. The number of esters is 1. The van der Waals surface area contributed by atoms with Gasteiger partial charge in [-0.2, -0.15) is 0 Å². The molecule has 1 aliphatic heterocycles. The molecule has 0 radical (unpaired) electrons. The zero-order valence-electron chi connectivity index (χ0n) is 20.5. The number of aryl methyl sites for hydroxylation is 1. The lowest BCUT2D eigenvalue weighted by Crippen LogP contribution is -2.09. The quantitative estimate of drug-likeness (QED) is 0.195. The normalized spacial score (nSPS) is 13.6. The van der Waals surface area contributed by atoms with Gasteiger partial charge in [0.2, 0.25) is 5.78 Å². The average Bonchev–Trinajstić information content (AvgIpc) is 3.42. The molecule has 0 unspecified atom stereocenters. The van der Waals surface area contributed by atoms with Gasteiger partial charge in [0.05, 0.1) is 25.3 Å². The molecule has 4 aromatic rings. The van der Waals surface area contributed by atoms with Crippen LogP contribution in [-0.4, -0.2) is 30.5 Å². The summed E-state index contributed by atoms with van der Waals surface area (Å²) >= 11 is 0. The van der Waals surface area contributed by atoms with Crippen LogP contribution in [0.15, 0.2) is 66.6 Å². The smallest absolute Gasteiger partial charge is 0.343 e. The minimum atomic E-state index is -0.512.